The van der Waals surface area contributed by atoms with Gasteiger partial charge in [-0.25, -0.2) is 4.79 Å². The number of hydrogen-bond acceptors (Lipinski definition) is 5. The summed E-state index contributed by atoms with van der Waals surface area (Å²) in [6.07, 6.45) is 8.79. The van der Waals surface area contributed by atoms with Crippen LogP contribution in [0.2, 0.25) is 0 Å². The molecule has 1 aliphatic rings. The van der Waals surface area contributed by atoms with Gasteiger partial charge in [0.1, 0.15) is 17.7 Å². The molecule has 220 valence electrons. The number of ether oxygens (including phenoxy) is 1. The fraction of sp³-hybridized carbons (Fsp3) is 0.710. The van der Waals surface area contributed by atoms with Crippen LogP contribution in [0.3, 0.4) is 0 Å². The van der Waals surface area contributed by atoms with Crippen molar-refractivity contribution in [3.8, 4) is 0 Å². The highest BCUT2D eigenvalue weighted by atomic mass is 32.2. The predicted molar refractivity (Wildman–Crippen MR) is 161 cm³/mol. The summed E-state index contributed by atoms with van der Waals surface area (Å²) in [6.45, 7) is 11.7. The lowest BCUT2D eigenvalue weighted by Gasteiger charge is -2.39. The molecular weight excluding hydrogens is 510 g/mol. The highest BCUT2D eigenvalue weighted by Gasteiger charge is 2.39. The van der Waals surface area contributed by atoms with Crippen LogP contribution in [0.25, 0.3) is 0 Å². The van der Waals surface area contributed by atoms with Gasteiger partial charge in [0.05, 0.1) is 0 Å². The second-order valence-corrected chi connectivity index (χ2v) is 13.2. The van der Waals surface area contributed by atoms with Crippen molar-refractivity contribution in [3.63, 3.8) is 0 Å². The maximum atomic E-state index is 14.4. The minimum atomic E-state index is -0.803. The van der Waals surface area contributed by atoms with Gasteiger partial charge in [0.25, 0.3) is 0 Å². The number of alkyl carbamates (subject to hydrolysis) is 1. The highest BCUT2D eigenvalue weighted by molar-refractivity contribution is 7.98. The van der Waals surface area contributed by atoms with Crippen LogP contribution in [-0.4, -0.2) is 58.5 Å². The zero-order chi connectivity index (χ0) is 29.0. The van der Waals surface area contributed by atoms with Gasteiger partial charge in [-0.15, -0.1) is 0 Å². The molecule has 0 spiro atoms. The average Bonchev–Trinajstić information content (AvgIpc) is 2.87. The van der Waals surface area contributed by atoms with Crippen molar-refractivity contribution in [2.45, 2.75) is 123 Å². The van der Waals surface area contributed by atoms with Crippen LogP contribution in [0.5, 0.6) is 0 Å². The van der Waals surface area contributed by atoms with Crippen molar-refractivity contribution in [2.75, 3.05) is 12.0 Å². The quantitative estimate of drug-likeness (QED) is 0.288. The minimum Gasteiger partial charge on any atom is -0.444 e. The molecule has 0 saturated heterocycles. The van der Waals surface area contributed by atoms with Crippen molar-refractivity contribution in [1.82, 2.24) is 15.5 Å². The van der Waals surface area contributed by atoms with Crippen molar-refractivity contribution >= 4 is 29.7 Å². The molecule has 1 fully saturated rings. The Morgan fingerprint density at radius 2 is 1.64 bits per heavy atom. The first-order chi connectivity index (χ1) is 18.4. The van der Waals surface area contributed by atoms with Crippen LogP contribution in [0.15, 0.2) is 30.3 Å². The molecule has 1 aromatic carbocycles. The molecule has 7 nitrogen and oxygen atoms in total. The predicted octanol–water partition coefficient (Wildman–Crippen LogP) is 6.48. The van der Waals surface area contributed by atoms with Gasteiger partial charge in [0.15, 0.2) is 0 Å². The van der Waals surface area contributed by atoms with Crippen LogP contribution in [-0.2, 0) is 14.3 Å². The number of carbonyl (C=O) groups is 3. The number of nitrogens with one attached hydrogen (secondary N) is 2. The largest absolute Gasteiger partial charge is 0.444 e. The molecule has 8 heteroatoms. The van der Waals surface area contributed by atoms with E-state index in [4.69, 9.17) is 4.74 Å². The summed E-state index contributed by atoms with van der Waals surface area (Å²) in [5, 5.41) is 6.12. The molecule has 39 heavy (non-hydrogen) atoms. The molecule has 3 amide bonds. The normalized spacial score (nSPS) is 16.7. The number of carbonyl (C=O) groups excluding carboxylic acids is 3. The molecule has 0 bridgehead atoms. The Morgan fingerprint density at radius 3 is 2.21 bits per heavy atom. The van der Waals surface area contributed by atoms with Gasteiger partial charge in [-0.05, 0) is 83.3 Å². The summed E-state index contributed by atoms with van der Waals surface area (Å²) in [7, 11) is 0. The molecular formula is C31H51N3O4S. The molecule has 0 aromatic heterocycles. The summed E-state index contributed by atoms with van der Waals surface area (Å²) in [5.74, 6) is 0.741. The second-order valence-electron chi connectivity index (χ2n) is 12.2. The van der Waals surface area contributed by atoms with Crippen molar-refractivity contribution < 1.29 is 19.1 Å². The maximum Gasteiger partial charge on any atom is 0.408 e. The lowest BCUT2D eigenvalue weighted by Crippen LogP contribution is -2.56. The van der Waals surface area contributed by atoms with Crippen molar-refractivity contribution in [1.29, 1.82) is 0 Å². The third kappa shape index (κ3) is 11.4. The monoisotopic (exact) mass is 561 g/mol. The van der Waals surface area contributed by atoms with Crippen LogP contribution in [0.4, 0.5) is 4.79 Å². The van der Waals surface area contributed by atoms with Gasteiger partial charge in [-0.3, -0.25) is 9.59 Å². The lowest BCUT2D eigenvalue weighted by molar-refractivity contribution is -0.145. The van der Waals surface area contributed by atoms with E-state index in [0.29, 0.717) is 18.1 Å². The molecule has 1 saturated carbocycles. The summed E-state index contributed by atoms with van der Waals surface area (Å²) in [4.78, 5) is 43.0. The first-order valence-corrected chi connectivity index (χ1v) is 16.0. The maximum absolute atomic E-state index is 14.4. The van der Waals surface area contributed by atoms with E-state index in [1.807, 2.05) is 43.5 Å². The van der Waals surface area contributed by atoms with Crippen molar-refractivity contribution in [2.24, 2.45) is 5.92 Å². The van der Waals surface area contributed by atoms with Gasteiger partial charge in [0, 0.05) is 12.1 Å². The van der Waals surface area contributed by atoms with E-state index in [-0.39, 0.29) is 23.9 Å². The Hall–Kier alpha value is -2.22. The fourth-order valence-corrected chi connectivity index (χ4v) is 5.51. The van der Waals surface area contributed by atoms with E-state index in [1.165, 1.54) is 6.42 Å². The molecule has 2 N–H and O–H groups in total. The number of hydrogen-bond donors (Lipinski definition) is 2. The standard InChI is InChI=1S/C31H51N3O4S/c1-22(2)18-19-23(3)34(29(36)26(20-21-39-7)33-30(37)38-31(4,5)6)27(24-14-10-8-11-15-24)28(35)32-25-16-12-9-13-17-25/h8,10-11,14-15,22-23,25-27H,9,12-13,16-21H2,1-7H3,(H,32,35)(H,33,37). The molecule has 0 heterocycles. The fourth-order valence-electron chi connectivity index (χ4n) is 5.04. The van der Waals surface area contributed by atoms with E-state index in [0.717, 1.165) is 44.1 Å². The van der Waals surface area contributed by atoms with E-state index in [2.05, 4.69) is 24.5 Å². The Kier molecular flexibility index (Phi) is 13.7. The van der Waals surface area contributed by atoms with Gasteiger partial charge >= 0.3 is 6.09 Å². The Labute approximate surface area is 240 Å². The van der Waals surface area contributed by atoms with Gasteiger partial charge in [0.2, 0.25) is 11.8 Å². The second kappa shape index (κ2) is 16.1. The zero-order valence-corrected chi connectivity index (χ0v) is 25.9. The summed E-state index contributed by atoms with van der Waals surface area (Å²) >= 11 is 1.61. The molecule has 3 unspecified atom stereocenters. The number of thioether (sulfide) groups is 1. The Bertz CT molecular complexity index is 897. The van der Waals surface area contributed by atoms with Crippen LogP contribution >= 0.6 is 11.8 Å². The molecule has 2 rings (SSSR count). The van der Waals surface area contributed by atoms with Crippen LogP contribution in [0, 0.1) is 5.92 Å². The summed E-state index contributed by atoms with van der Waals surface area (Å²) < 4.78 is 5.50. The van der Waals surface area contributed by atoms with E-state index in [1.54, 1.807) is 37.4 Å². The summed E-state index contributed by atoms with van der Waals surface area (Å²) in [5.41, 5.74) is 0.0879. The molecule has 1 aliphatic carbocycles. The Balaban J connectivity index is 2.48. The van der Waals surface area contributed by atoms with Crippen LogP contribution < -0.4 is 10.6 Å². The summed E-state index contributed by atoms with van der Waals surface area (Å²) in [6, 6.07) is 7.87. The first-order valence-electron chi connectivity index (χ1n) is 14.6. The smallest absolute Gasteiger partial charge is 0.408 e. The number of amides is 3. The average molecular weight is 562 g/mol. The zero-order valence-electron chi connectivity index (χ0n) is 25.1. The van der Waals surface area contributed by atoms with Gasteiger partial charge in [-0.2, -0.15) is 11.8 Å². The third-order valence-electron chi connectivity index (χ3n) is 7.08. The SMILES string of the molecule is CSCCC(NC(=O)OC(C)(C)C)C(=O)N(C(C)CCC(C)C)C(C(=O)NC1CCCCC1)c1ccccc1. The van der Waals surface area contributed by atoms with E-state index >= 15 is 0 Å². The molecule has 0 radical (unpaired) electrons. The highest BCUT2D eigenvalue weighted by Crippen LogP contribution is 2.29. The van der Waals surface area contributed by atoms with E-state index < -0.39 is 23.8 Å². The molecule has 0 aliphatic heterocycles. The number of benzene rings is 1. The van der Waals surface area contributed by atoms with Gasteiger partial charge in [-0.1, -0.05) is 63.4 Å². The van der Waals surface area contributed by atoms with Crippen molar-refractivity contribution in [3.05, 3.63) is 35.9 Å². The topological polar surface area (TPSA) is 87.7 Å². The van der Waals surface area contributed by atoms with E-state index in [9.17, 15) is 14.4 Å². The minimum absolute atomic E-state index is 0.118. The molecule has 3 atom stereocenters. The van der Waals surface area contributed by atoms with Crippen LogP contribution in [0.1, 0.15) is 105 Å². The number of nitrogens with zero attached hydrogens (tertiary/aromatic N) is 1. The van der Waals surface area contributed by atoms with Gasteiger partial charge < -0.3 is 20.3 Å². The Morgan fingerprint density at radius 1 is 1.00 bits per heavy atom. The third-order valence-corrected chi connectivity index (χ3v) is 7.73. The lowest BCUT2D eigenvalue weighted by atomic mass is 9.93. The molecule has 1 aromatic rings. The first kappa shape index (κ1) is 33.0. The number of rotatable bonds is 13.